The van der Waals surface area contributed by atoms with Gasteiger partial charge in [-0.05, 0) is 31.5 Å². The van der Waals surface area contributed by atoms with Crippen LogP contribution in [-0.2, 0) is 19.7 Å². The molecular formula is C20H23N3O2. The predicted octanol–water partition coefficient (Wildman–Crippen LogP) is 4.06. The fourth-order valence-corrected chi connectivity index (χ4v) is 2.49. The molecule has 25 heavy (non-hydrogen) atoms. The molecule has 1 aromatic heterocycles. The second kappa shape index (κ2) is 8.44. The minimum atomic E-state index is 0.275. The van der Waals surface area contributed by atoms with Gasteiger partial charge in [-0.15, -0.1) is 10.2 Å². The molecule has 0 radical (unpaired) electrons. The molecule has 0 unspecified atom stereocenters. The quantitative estimate of drug-likeness (QED) is 0.620. The number of rotatable bonds is 8. The van der Waals surface area contributed by atoms with Gasteiger partial charge in [0.1, 0.15) is 5.75 Å². The van der Waals surface area contributed by atoms with Crippen molar-refractivity contribution in [2.45, 2.75) is 39.6 Å². The van der Waals surface area contributed by atoms with Crippen LogP contribution in [0, 0.1) is 0 Å². The molecule has 0 amide bonds. The van der Waals surface area contributed by atoms with Gasteiger partial charge in [-0.25, -0.2) is 0 Å². The second-order valence-corrected chi connectivity index (χ2v) is 6.18. The zero-order valence-electron chi connectivity index (χ0n) is 14.6. The predicted molar refractivity (Wildman–Crippen MR) is 95.9 cm³/mol. The van der Waals surface area contributed by atoms with E-state index in [2.05, 4.69) is 53.2 Å². The summed E-state index contributed by atoms with van der Waals surface area (Å²) >= 11 is 0. The van der Waals surface area contributed by atoms with Crippen LogP contribution in [0.1, 0.15) is 31.2 Å². The standard InChI is InChI=1S/C20H23N3O2/c1-16(2)23(13-17-9-5-3-6-10-17)14-19-21-22-20(25-19)15-24-18-11-7-4-8-12-18/h3-12,16H,13-15H2,1-2H3. The highest BCUT2D eigenvalue weighted by atomic mass is 16.5. The van der Waals surface area contributed by atoms with Crippen molar-refractivity contribution in [3.63, 3.8) is 0 Å². The van der Waals surface area contributed by atoms with Crippen molar-refractivity contribution in [1.29, 1.82) is 0 Å². The lowest BCUT2D eigenvalue weighted by Crippen LogP contribution is -2.29. The summed E-state index contributed by atoms with van der Waals surface area (Å²) < 4.78 is 11.4. The molecular weight excluding hydrogens is 314 g/mol. The number of benzene rings is 2. The molecule has 0 aliphatic heterocycles. The molecule has 5 heteroatoms. The Hall–Kier alpha value is -2.66. The Balaban J connectivity index is 1.58. The first-order valence-corrected chi connectivity index (χ1v) is 8.48. The van der Waals surface area contributed by atoms with Crippen LogP contribution in [0.4, 0.5) is 0 Å². The Morgan fingerprint density at radius 3 is 2.20 bits per heavy atom. The van der Waals surface area contributed by atoms with E-state index in [1.807, 2.05) is 36.4 Å². The smallest absolute Gasteiger partial charge is 0.253 e. The average Bonchev–Trinajstić information content (AvgIpc) is 3.09. The van der Waals surface area contributed by atoms with Gasteiger partial charge in [-0.1, -0.05) is 48.5 Å². The van der Waals surface area contributed by atoms with Crippen molar-refractivity contribution >= 4 is 0 Å². The van der Waals surface area contributed by atoms with Crippen LogP contribution in [0.2, 0.25) is 0 Å². The molecule has 0 saturated heterocycles. The van der Waals surface area contributed by atoms with Crippen molar-refractivity contribution < 1.29 is 9.15 Å². The summed E-state index contributed by atoms with van der Waals surface area (Å²) in [4.78, 5) is 2.30. The molecule has 0 spiro atoms. The molecule has 0 aliphatic rings. The van der Waals surface area contributed by atoms with Crippen LogP contribution in [0.5, 0.6) is 5.75 Å². The first kappa shape index (κ1) is 17.2. The average molecular weight is 337 g/mol. The molecule has 130 valence electrons. The summed E-state index contributed by atoms with van der Waals surface area (Å²) in [6, 6.07) is 20.4. The van der Waals surface area contributed by atoms with Gasteiger partial charge in [-0.2, -0.15) is 0 Å². The van der Waals surface area contributed by atoms with E-state index < -0.39 is 0 Å². The summed E-state index contributed by atoms with van der Waals surface area (Å²) in [6.45, 7) is 6.07. The maximum Gasteiger partial charge on any atom is 0.253 e. The van der Waals surface area contributed by atoms with E-state index in [-0.39, 0.29) is 6.61 Å². The third kappa shape index (κ3) is 5.16. The summed E-state index contributed by atoms with van der Waals surface area (Å²) in [5.74, 6) is 1.88. The summed E-state index contributed by atoms with van der Waals surface area (Å²) in [7, 11) is 0. The van der Waals surface area contributed by atoms with Crippen LogP contribution < -0.4 is 4.74 Å². The lowest BCUT2D eigenvalue weighted by atomic mass is 10.2. The van der Waals surface area contributed by atoms with Gasteiger partial charge in [-0.3, -0.25) is 4.90 Å². The minimum Gasteiger partial charge on any atom is -0.484 e. The number of nitrogens with zero attached hydrogens (tertiary/aromatic N) is 3. The van der Waals surface area contributed by atoms with Gasteiger partial charge in [0, 0.05) is 12.6 Å². The van der Waals surface area contributed by atoms with Crippen molar-refractivity contribution in [2.24, 2.45) is 0 Å². The summed E-state index contributed by atoms with van der Waals surface area (Å²) in [6.07, 6.45) is 0. The first-order valence-electron chi connectivity index (χ1n) is 8.48. The first-order chi connectivity index (χ1) is 12.2. The Kier molecular flexibility index (Phi) is 5.80. The molecule has 5 nitrogen and oxygen atoms in total. The number of hydrogen-bond acceptors (Lipinski definition) is 5. The molecule has 2 aromatic carbocycles. The van der Waals surface area contributed by atoms with Crippen LogP contribution in [0.25, 0.3) is 0 Å². The van der Waals surface area contributed by atoms with E-state index in [4.69, 9.17) is 9.15 Å². The number of hydrogen-bond donors (Lipinski definition) is 0. The molecule has 0 bridgehead atoms. The molecule has 0 saturated carbocycles. The summed E-state index contributed by atoms with van der Waals surface area (Å²) in [5.41, 5.74) is 1.27. The molecule has 3 rings (SSSR count). The van der Waals surface area contributed by atoms with Crippen LogP contribution in [-0.4, -0.2) is 21.1 Å². The fraction of sp³-hybridized carbons (Fsp3) is 0.300. The molecule has 0 atom stereocenters. The van der Waals surface area contributed by atoms with Crippen molar-refractivity contribution in [2.75, 3.05) is 0 Å². The highest BCUT2D eigenvalue weighted by molar-refractivity contribution is 5.20. The lowest BCUT2D eigenvalue weighted by molar-refractivity contribution is 0.178. The maximum absolute atomic E-state index is 5.73. The molecule has 0 aliphatic carbocycles. The van der Waals surface area contributed by atoms with Crippen LogP contribution >= 0.6 is 0 Å². The normalized spacial score (nSPS) is 11.2. The van der Waals surface area contributed by atoms with Gasteiger partial charge in [0.2, 0.25) is 5.89 Å². The van der Waals surface area contributed by atoms with Gasteiger partial charge in [0.05, 0.1) is 6.54 Å². The van der Waals surface area contributed by atoms with E-state index in [0.717, 1.165) is 12.3 Å². The topological polar surface area (TPSA) is 51.4 Å². The van der Waals surface area contributed by atoms with Gasteiger partial charge in [0.25, 0.3) is 5.89 Å². The highest BCUT2D eigenvalue weighted by Crippen LogP contribution is 2.14. The van der Waals surface area contributed by atoms with E-state index in [1.165, 1.54) is 5.56 Å². The Bertz CT molecular complexity index is 757. The van der Waals surface area contributed by atoms with E-state index >= 15 is 0 Å². The molecule has 3 aromatic rings. The Morgan fingerprint density at radius 1 is 0.880 bits per heavy atom. The summed E-state index contributed by atoms with van der Waals surface area (Å²) in [5, 5.41) is 8.24. The third-order valence-corrected chi connectivity index (χ3v) is 3.91. The SMILES string of the molecule is CC(C)N(Cc1ccccc1)Cc1nnc(COc2ccccc2)o1. The monoisotopic (exact) mass is 337 g/mol. The molecule has 0 fully saturated rings. The largest absolute Gasteiger partial charge is 0.484 e. The van der Waals surface area contributed by atoms with Crippen molar-refractivity contribution in [3.8, 4) is 5.75 Å². The van der Waals surface area contributed by atoms with E-state index in [1.54, 1.807) is 0 Å². The molecule has 1 heterocycles. The zero-order valence-corrected chi connectivity index (χ0v) is 14.6. The van der Waals surface area contributed by atoms with Gasteiger partial charge >= 0.3 is 0 Å². The maximum atomic E-state index is 5.73. The molecule has 0 N–H and O–H groups in total. The number of aromatic nitrogens is 2. The van der Waals surface area contributed by atoms with Crippen molar-refractivity contribution in [1.82, 2.24) is 15.1 Å². The Labute approximate surface area is 148 Å². The van der Waals surface area contributed by atoms with Crippen LogP contribution in [0.3, 0.4) is 0 Å². The van der Waals surface area contributed by atoms with E-state index in [0.29, 0.717) is 24.4 Å². The fourth-order valence-electron chi connectivity index (χ4n) is 2.49. The number of para-hydroxylation sites is 1. The van der Waals surface area contributed by atoms with Gasteiger partial charge in [0.15, 0.2) is 6.61 Å². The Morgan fingerprint density at radius 2 is 1.52 bits per heavy atom. The third-order valence-electron chi connectivity index (χ3n) is 3.91. The zero-order chi connectivity index (χ0) is 17.5. The minimum absolute atomic E-state index is 0.275. The number of ether oxygens (including phenoxy) is 1. The van der Waals surface area contributed by atoms with Gasteiger partial charge < -0.3 is 9.15 Å². The van der Waals surface area contributed by atoms with Crippen molar-refractivity contribution in [3.05, 3.63) is 78.0 Å². The van der Waals surface area contributed by atoms with Crippen LogP contribution in [0.15, 0.2) is 65.1 Å². The second-order valence-electron chi connectivity index (χ2n) is 6.18. The van der Waals surface area contributed by atoms with E-state index in [9.17, 15) is 0 Å². The highest BCUT2D eigenvalue weighted by Gasteiger charge is 2.15. The lowest BCUT2D eigenvalue weighted by Gasteiger charge is -2.24.